The van der Waals surface area contributed by atoms with Crippen molar-refractivity contribution in [2.24, 2.45) is 15.3 Å². The zero-order chi connectivity index (χ0) is 31.8. The van der Waals surface area contributed by atoms with E-state index in [0.29, 0.717) is 0 Å². The molecule has 45 heavy (non-hydrogen) atoms. The number of alkyl halides is 1. The van der Waals surface area contributed by atoms with Gasteiger partial charge in [0.15, 0.2) is 35.2 Å². The first kappa shape index (κ1) is 31.3. The van der Waals surface area contributed by atoms with Gasteiger partial charge in [-0.25, -0.2) is 23.9 Å². The summed E-state index contributed by atoms with van der Waals surface area (Å²) in [7, 11) is 0. The lowest BCUT2D eigenvalue weighted by atomic mass is 10.1. The highest BCUT2D eigenvalue weighted by atomic mass is 32.7. The molecule has 7 rings (SSSR count). The number of guanidine groups is 1. The van der Waals surface area contributed by atoms with Crippen LogP contribution in [-0.2, 0) is 44.0 Å². The zero-order valence-corrected chi connectivity index (χ0v) is 26.4. The highest BCUT2D eigenvalue weighted by molar-refractivity contribution is 8.44. The zero-order valence-electron chi connectivity index (χ0n) is 22.1. The summed E-state index contributed by atoms with van der Waals surface area (Å²) in [5.74, 6) is -1.15. The molecule has 2 aromatic heterocycles. The van der Waals surface area contributed by atoms with Crippen LogP contribution in [-0.4, -0.2) is 118 Å². The summed E-state index contributed by atoms with van der Waals surface area (Å²) in [6, 6.07) is -1.17. The van der Waals surface area contributed by atoms with E-state index in [1.165, 1.54) is 0 Å². The molecule has 0 aliphatic carbocycles. The molecule has 11 atom stereocenters. The van der Waals surface area contributed by atoms with Gasteiger partial charge in [-0.05, 0) is 11.8 Å². The molecule has 0 radical (unpaired) electrons. The van der Waals surface area contributed by atoms with Crippen molar-refractivity contribution < 1.29 is 46.6 Å². The van der Waals surface area contributed by atoms with Gasteiger partial charge in [-0.2, -0.15) is 9.67 Å². The number of anilines is 1. The van der Waals surface area contributed by atoms with Crippen LogP contribution in [0.4, 0.5) is 10.2 Å². The second kappa shape index (κ2) is 11.5. The second-order valence-electron chi connectivity index (χ2n) is 9.96. The number of amides is 1. The molecule has 27 heteroatoms. The first-order valence-electron chi connectivity index (χ1n) is 12.8. The van der Waals surface area contributed by atoms with Crippen LogP contribution in [0.3, 0.4) is 0 Å². The minimum atomic E-state index is -4.39. The normalized spacial score (nSPS) is 42.0. The third kappa shape index (κ3) is 5.67. The number of carbonyl (C=O) groups is 1. The van der Waals surface area contributed by atoms with Gasteiger partial charge < -0.3 is 25.0 Å². The number of thiol groups is 1. The number of aliphatic hydroxyl groups excluding tert-OH is 1. The van der Waals surface area contributed by atoms with E-state index in [1.54, 1.807) is 0 Å². The number of amidine groups is 1. The minimum absolute atomic E-state index is 0.00905. The molecule has 242 valence electrons. The third-order valence-corrected chi connectivity index (χ3v) is 11.8. The van der Waals surface area contributed by atoms with Gasteiger partial charge in [-0.15, -0.1) is 22.0 Å². The van der Waals surface area contributed by atoms with Crippen molar-refractivity contribution in [3.63, 3.8) is 0 Å². The molecule has 0 aromatic carbocycles. The Labute approximate surface area is 264 Å². The Kier molecular flexibility index (Phi) is 7.97. The fourth-order valence-corrected chi connectivity index (χ4v) is 9.66. The lowest BCUT2D eigenvalue weighted by Crippen LogP contribution is -2.51. The predicted octanol–water partition coefficient (Wildman–Crippen LogP) is -0.572. The van der Waals surface area contributed by atoms with Crippen molar-refractivity contribution in [3.05, 3.63) is 6.33 Å². The number of hydrogen-bond acceptors (Lipinski definition) is 19. The molecule has 5 aliphatic heterocycles. The minimum Gasteiger partial charge on any atom is -0.389 e. The molecule has 3 fully saturated rings. The van der Waals surface area contributed by atoms with Gasteiger partial charge in [0.1, 0.15) is 30.0 Å². The Morgan fingerprint density at radius 1 is 1.27 bits per heavy atom. The predicted molar refractivity (Wildman–Crippen MR) is 156 cm³/mol. The van der Waals surface area contributed by atoms with Crippen LogP contribution in [0.5, 0.6) is 0 Å². The van der Waals surface area contributed by atoms with Gasteiger partial charge in [-0.1, -0.05) is 22.7 Å². The molecule has 0 saturated carbocycles. The van der Waals surface area contributed by atoms with E-state index in [1.807, 2.05) is 0 Å². The number of nitrogen functional groups attached to an aromatic ring is 1. The van der Waals surface area contributed by atoms with Gasteiger partial charge >= 0.3 is 13.5 Å². The Balaban J connectivity index is 1.17. The number of hydrogen-bond donors (Lipinski definition) is 6. The van der Waals surface area contributed by atoms with Gasteiger partial charge in [-0.3, -0.25) is 29.1 Å². The van der Waals surface area contributed by atoms with E-state index in [9.17, 15) is 19.4 Å². The van der Waals surface area contributed by atoms with E-state index >= 15 is 4.39 Å². The van der Waals surface area contributed by atoms with Crippen LogP contribution in [0.25, 0.3) is 11.2 Å². The molecule has 1 amide bonds. The van der Waals surface area contributed by atoms with E-state index in [-0.39, 0.29) is 22.8 Å². The fraction of sp³-hybridized carbons (Fsp3) is 0.611. The number of fused-ring (bicyclic) bond motifs is 5. The molecule has 3 unspecified atom stereocenters. The maximum absolute atomic E-state index is 16.0. The molecule has 5 aliphatic rings. The van der Waals surface area contributed by atoms with Crippen LogP contribution in [0, 0.1) is 5.41 Å². The number of aromatic nitrogens is 5. The number of nitrogens with one attached hydrogen (secondary N) is 2. The van der Waals surface area contributed by atoms with Crippen molar-refractivity contribution in [1.29, 1.82) is 5.41 Å². The Hall–Kier alpha value is -2.28. The maximum Gasteiger partial charge on any atom is 0.386 e. The number of nitrogens with two attached hydrogens (primary N) is 1. The largest absolute Gasteiger partial charge is 0.389 e. The summed E-state index contributed by atoms with van der Waals surface area (Å²) < 4.78 is 58.6. The number of rotatable bonds is 2. The van der Waals surface area contributed by atoms with E-state index in [4.69, 9.17) is 45.8 Å². The lowest BCUT2D eigenvalue weighted by molar-refractivity contribution is -0.119. The number of aliphatic imine (C=N–C) groups is 1. The lowest BCUT2D eigenvalue weighted by Gasteiger charge is -2.30. The molecule has 2 bridgehead atoms. The van der Waals surface area contributed by atoms with E-state index in [0.717, 1.165) is 27.8 Å². The Morgan fingerprint density at radius 2 is 2.07 bits per heavy atom. The van der Waals surface area contributed by atoms with Crippen molar-refractivity contribution in [1.82, 2.24) is 35.3 Å². The number of ether oxygens (including phenoxy) is 1. The SMILES string of the molecule is N=C1N=C2C(N=NN2[C@@H]2S[C@@H]3COP(O)(=S)O[C@H]4[C@H](F)[C@H](n5nnc6c(N)ncnc65)O[C@@H]4COP(=O)(S)O[C@@H]2[C@@H]3O)C(=O)N1. The average molecular weight is 727 g/mol. The maximum atomic E-state index is 16.0. The number of carbonyl (C=O) groups excluding carboxylic acids is 1. The molecule has 2 aromatic rings. The summed E-state index contributed by atoms with van der Waals surface area (Å²) in [5, 5.41) is 35.9. The van der Waals surface area contributed by atoms with Crippen LogP contribution in [0.2, 0.25) is 0 Å². The molecule has 21 nitrogen and oxygen atoms in total. The molecular formula is C18H21FN12O9P2S3. The van der Waals surface area contributed by atoms with E-state index < -0.39 is 92.1 Å². The van der Waals surface area contributed by atoms with Crippen molar-refractivity contribution >= 4 is 84.0 Å². The van der Waals surface area contributed by atoms with Crippen LogP contribution < -0.4 is 11.1 Å². The highest BCUT2D eigenvalue weighted by Crippen LogP contribution is 2.59. The van der Waals surface area contributed by atoms with Crippen LogP contribution in [0.1, 0.15) is 6.23 Å². The summed E-state index contributed by atoms with van der Waals surface area (Å²) in [4.78, 5) is 35.1. The van der Waals surface area contributed by atoms with Crippen molar-refractivity contribution in [2.45, 2.75) is 53.5 Å². The van der Waals surface area contributed by atoms with Gasteiger partial charge in [0.25, 0.3) is 5.91 Å². The first-order valence-corrected chi connectivity index (χ1v) is 19.0. The fourth-order valence-electron chi connectivity index (χ4n) is 5.10. The standard InChI is InChI=1S/C18H21FN12O9P2S3/c19-6-10-4(38-16(6)30-13-7(26-28-30)12(20)22-3-23-13)1-36-41(34,43)40-11-9(32)5(2-37-42(35,44)39-10)45-17(11)31-14-8(27-29-31)15(33)25-18(21)24-14/h3-6,8-11,16-17,32H,1-2H2,(H,34,43)(H,35,44)(H2,20,22,23)(H2,21,25,33)/t4-,5-,6+,8?,9-,10-,11-,16-,17-,41?,42?/m1/s1. The molecule has 7 heterocycles. The Morgan fingerprint density at radius 3 is 2.87 bits per heavy atom. The summed E-state index contributed by atoms with van der Waals surface area (Å²) in [5.41, 5.74) is 5.93. The van der Waals surface area contributed by atoms with Gasteiger partial charge in [0.05, 0.1) is 24.6 Å². The Bertz CT molecular complexity index is 1740. The summed E-state index contributed by atoms with van der Waals surface area (Å²) in [6.45, 7) is -9.75. The second-order valence-corrected chi connectivity index (χ2v) is 17.0. The summed E-state index contributed by atoms with van der Waals surface area (Å²) >= 11 is 10.2. The highest BCUT2D eigenvalue weighted by Gasteiger charge is 2.56. The number of thioether (sulfide) groups is 1. The molecule has 3 saturated heterocycles. The first-order chi connectivity index (χ1) is 21.3. The number of nitrogens with zero attached hydrogens (tertiary/aromatic N) is 9. The molecule has 0 spiro atoms. The smallest absolute Gasteiger partial charge is 0.386 e. The van der Waals surface area contributed by atoms with Gasteiger partial charge in [0, 0.05) is 0 Å². The molecular weight excluding hydrogens is 705 g/mol. The quantitative estimate of drug-likeness (QED) is 0.167. The van der Waals surface area contributed by atoms with Crippen LogP contribution >= 0.6 is 37.5 Å². The van der Waals surface area contributed by atoms with Crippen molar-refractivity contribution in [3.8, 4) is 0 Å². The number of halogens is 1. The summed E-state index contributed by atoms with van der Waals surface area (Å²) in [6.07, 6.45) is -8.34. The third-order valence-electron chi connectivity index (χ3n) is 7.12. The molecule has 6 N–H and O–H groups in total. The van der Waals surface area contributed by atoms with Crippen molar-refractivity contribution in [2.75, 3.05) is 18.9 Å². The van der Waals surface area contributed by atoms with Crippen LogP contribution in [0.15, 0.2) is 21.7 Å². The van der Waals surface area contributed by atoms with E-state index in [2.05, 4.69) is 53.2 Å². The monoisotopic (exact) mass is 726 g/mol. The van der Waals surface area contributed by atoms with Gasteiger partial charge in [0.2, 0.25) is 12.0 Å². The average Bonchev–Trinajstić information content (AvgIpc) is 3.72. The number of aliphatic hydroxyl groups is 1. The topological polar surface area (TPSA) is 279 Å².